The minimum Gasteiger partial charge on any atom is -0.465 e. The van der Waals surface area contributed by atoms with E-state index in [2.05, 4.69) is 25.9 Å². The third-order valence-corrected chi connectivity index (χ3v) is 5.08. The van der Waals surface area contributed by atoms with Gasteiger partial charge in [0, 0.05) is 34.3 Å². The number of anilines is 4. The van der Waals surface area contributed by atoms with Crippen molar-refractivity contribution in [1.82, 2.24) is 9.97 Å². The molecule has 1 heterocycles. The summed E-state index contributed by atoms with van der Waals surface area (Å²) >= 11 is 13.6. The lowest BCUT2D eigenvalue weighted by molar-refractivity contribution is 0.210. The minimum absolute atomic E-state index is 0.121. The van der Waals surface area contributed by atoms with Gasteiger partial charge in [0.05, 0.1) is 6.20 Å². The van der Waals surface area contributed by atoms with E-state index in [9.17, 15) is 4.79 Å². The van der Waals surface area contributed by atoms with Gasteiger partial charge in [0.2, 0.25) is 5.28 Å². The van der Waals surface area contributed by atoms with E-state index in [0.717, 1.165) is 22.0 Å². The van der Waals surface area contributed by atoms with Gasteiger partial charge in [0.15, 0.2) is 5.82 Å². The van der Waals surface area contributed by atoms with E-state index >= 15 is 0 Å². The minimum atomic E-state index is -1.09. The average Bonchev–Trinajstić information content (AvgIpc) is 2.68. The first kappa shape index (κ1) is 21.0. The predicted molar refractivity (Wildman–Crippen MR) is 119 cm³/mol. The molecule has 0 saturated carbocycles. The van der Waals surface area contributed by atoms with Crippen LogP contribution in [0, 0.1) is 0 Å². The Morgan fingerprint density at radius 1 is 1.07 bits per heavy atom. The number of nitrogens with zero attached hydrogens (tertiary/aromatic N) is 2. The van der Waals surface area contributed by atoms with Gasteiger partial charge in [-0.15, -0.1) is 11.8 Å². The van der Waals surface area contributed by atoms with E-state index in [1.807, 2.05) is 30.3 Å². The lowest BCUT2D eigenvalue weighted by Gasteiger charge is -2.10. The van der Waals surface area contributed by atoms with Crippen molar-refractivity contribution in [3.8, 4) is 0 Å². The SMILES string of the molecule is O=C(O)Nc1cccc(NCCSc2cccc(Nc3nc(Cl)ncc3Cl)c2)c1. The summed E-state index contributed by atoms with van der Waals surface area (Å²) in [6.45, 7) is 0.714. The highest BCUT2D eigenvalue weighted by Crippen LogP contribution is 2.27. The number of halogens is 2. The molecule has 0 unspecified atom stereocenters. The van der Waals surface area contributed by atoms with E-state index in [1.165, 1.54) is 6.20 Å². The van der Waals surface area contributed by atoms with Gasteiger partial charge >= 0.3 is 6.09 Å². The van der Waals surface area contributed by atoms with Crippen molar-refractivity contribution in [2.45, 2.75) is 4.90 Å². The molecule has 29 heavy (non-hydrogen) atoms. The molecule has 10 heteroatoms. The highest BCUT2D eigenvalue weighted by molar-refractivity contribution is 7.99. The largest absolute Gasteiger partial charge is 0.465 e. The molecule has 0 saturated heterocycles. The van der Waals surface area contributed by atoms with Gasteiger partial charge in [-0.25, -0.2) is 9.78 Å². The average molecular weight is 450 g/mol. The maximum atomic E-state index is 10.7. The van der Waals surface area contributed by atoms with Gasteiger partial charge in [-0.3, -0.25) is 5.32 Å². The Balaban J connectivity index is 1.52. The molecule has 0 fully saturated rings. The molecule has 3 aromatic rings. The summed E-state index contributed by atoms with van der Waals surface area (Å²) in [5.74, 6) is 1.27. The van der Waals surface area contributed by atoms with Gasteiger partial charge < -0.3 is 15.7 Å². The Hall–Kier alpha value is -2.68. The monoisotopic (exact) mass is 449 g/mol. The van der Waals surface area contributed by atoms with E-state index in [1.54, 1.807) is 30.0 Å². The molecule has 0 aliphatic rings. The zero-order valence-corrected chi connectivity index (χ0v) is 17.4. The standard InChI is InChI=1S/C19H17Cl2N5O2S/c20-16-11-23-18(21)26-17(16)24-14-5-2-6-15(10-14)29-8-7-22-12-3-1-4-13(9-12)25-19(27)28/h1-6,9-11,22,25H,7-8H2,(H,27,28)(H,23,24,26). The first-order valence-corrected chi connectivity index (χ1v) is 10.3. The Morgan fingerprint density at radius 2 is 1.83 bits per heavy atom. The Kier molecular flexibility index (Phi) is 7.40. The Labute approximate surface area is 181 Å². The predicted octanol–water partition coefficient (Wildman–Crippen LogP) is 5.82. The summed E-state index contributed by atoms with van der Waals surface area (Å²) in [6.07, 6.45) is 0.363. The number of hydrogen-bond acceptors (Lipinski definition) is 6. The van der Waals surface area contributed by atoms with Gasteiger partial charge in [0.25, 0.3) is 0 Å². The number of aromatic nitrogens is 2. The molecule has 3 rings (SSSR count). The summed E-state index contributed by atoms with van der Waals surface area (Å²) in [5.41, 5.74) is 2.21. The first-order valence-electron chi connectivity index (χ1n) is 8.51. The van der Waals surface area contributed by atoms with Crippen molar-refractivity contribution < 1.29 is 9.90 Å². The van der Waals surface area contributed by atoms with Crippen molar-refractivity contribution in [3.63, 3.8) is 0 Å². The maximum Gasteiger partial charge on any atom is 0.409 e. The quantitative estimate of drug-likeness (QED) is 0.195. The molecule has 0 bridgehead atoms. The van der Waals surface area contributed by atoms with Crippen LogP contribution >= 0.6 is 35.0 Å². The molecule has 0 spiro atoms. The number of benzene rings is 2. The molecule has 4 N–H and O–H groups in total. The van der Waals surface area contributed by atoms with Crippen molar-refractivity contribution in [1.29, 1.82) is 0 Å². The van der Waals surface area contributed by atoms with Gasteiger partial charge in [-0.05, 0) is 48.0 Å². The molecule has 0 atom stereocenters. The number of nitrogens with one attached hydrogen (secondary N) is 3. The van der Waals surface area contributed by atoms with Gasteiger partial charge in [-0.2, -0.15) is 4.98 Å². The molecule has 0 radical (unpaired) electrons. The van der Waals surface area contributed by atoms with Gasteiger partial charge in [-0.1, -0.05) is 23.7 Å². The van der Waals surface area contributed by atoms with Crippen LogP contribution in [-0.2, 0) is 0 Å². The summed E-state index contributed by atoms with van der Waals surface area (Å²) < 4.78 is 0. The third kappa shape index (κ3) is 6.70. The lowest BCUT2D eigenvalue weighted by atomic mass is 10.3. The van der Waals surface area contributed by atoms with E-state index in [4.69, 9.17) is 28.3 Å². The van der Waals surface area contributed by atoms with E-state index in [-0.39, 0.29) is 5.28 Å². The first-order chi connectivity index (χ1) is 14.0. The highest BCUT2D eigenvalue weighted by Gasteiger charge is 2.06. The zero-order valence-electron chi connectivity index (χ0n) is 15.0. The Bertz CT molecular complexity index is 1010. The van der Waals surface area contributed by atoms with Crippen LogP contribution in [0.3, 0.4) is 0 Å². The smallest absolute Gasteiger partial charge is 0.409 e. The summed E-state index contributed by atoms with van der Waals surface area (Å²) in [7, 11) is 0. The number of rotatable bonds is 8. The third-order valence-electron chi connectivity index (χ3n) is 3.63. The highest BCUT2D eigenvalue weighted by atomic mass is 35.5. The van der Waals surface area contributed by atoms with Crippen LogP contribution in [0.25, 0.3) is 0 Å². The molecule has 2 aromatic carbocycles. The van der Waals surface area contributed by atoms with Crippen molar-refractivity contribution >= 4 is 63.9 Å². The second-order valence-corrected chi connectivity index (χ2v) is 7.69. The van der Waals surface area contributed by atoms with Crippen molar-refractivity contribution in [2.24, 2.45) is 0 Å². The second-order valence-electron chi connectivity index (χ2n) is 5.77. The molecular formula is C19H17Cl2N5O2S. The zero-order chi connectivity index (χ0) is 20.6. The van der Waals surface area contributed by atoms with Crippen LogP contribution in [-0.4, -0.2) is 33.5 Å². The molecular weight excluding hydrogens is 433 g/mol. The van der Waals surface area contributed by atoms with Crippen LogP contribution < -0.4 is 16.0 Å². The lowest BCUT2D eigenvalue weighted by Crippen LogP contribution is -2.08. The Morgan fingerprint density at radius 3 is 2.66 bits per heavy atom. The maximum absolute atomic E-state index is 10.7. The number of thioether (sulfide) groups is 1. The van der Waals surface area contributed by atoms with E-state index in [0.29, 0.717) is 23.1 Å². The van der Waals surface area contributed by atoms with Crippen LogP contribution in [0.5, 0.6) is 0 Å². The van der Waals surface area contributed by atoms with Crippen LogP contribution in [0.2, 0.25) is 10.3 Å². The number of amides is 1. The molecule has 150 valence electrons. The number of carboxylic acid groups (broad SMARTS) is 1. The summed E-state index contributed by atoms with van der Waals surface area (Å²) in [4.78, 5) is 19.7. The molecule has 0 aliphatic carbocycles. The van der Waals surface area contributed by atoms with E-state index < -0.39 is 6.09 Å². The fraction of sp³-hybridized carbons (Fsp3) is 0.105. The molecule has 7 nitrogen and oxygen atoms in total. The summed E-state index contributed by atoms with van der Waals surface area (Å²) in [5, 5.41) is 18.0. The fourth-order valence-electron chi connectivity index (χ4n) is 2.43. The topological polar surface area (TPSA) is 99.2 Å². The molecule has 0 aliphatic heterocycles. The van der Waals surface area contributed by atoms with Gasteiger partial charge in [0.1, 0.15) is 5.02 Å². The van der Waals surface area contributed by atoms with Crippen LogP contribution in [0.1, 0.15) is 0 Å². The fourth-order valence-corrected chi connectivity index (χ4v) is 3.52. The number of hydrogen-bond donors (Lipinski definition) is 4. The molecule has 1 amide bonds. The molecule has 1 aromatic heterocycles. The van der Waals surface area contributed by atoms with Crippen molar-refractivity contribution in [3.05, 3.63) is 65.0 Å². The second kappa shape index (κ2) is 10.2. The normalized spacial score (nSPS) is 10.4. The summed E-state index contributed by atoms with van der Waals surface area (Å²) in [6, 6.07) is 15.0. The van der Waals surface area contributed by atoms with Crippen LogP contribution in [0.15, 0.2) is 59.6 Å². The van der Waals surface area contributed by atoms with Crippen molar-refractivity contribution in [2.75, 3.05) is 28.2 Å². The van der Waals surface area contributed by atoms with Crippen LogP contribution in [0.4, 0.5) is 27.7 Å². The number of carbonyl (C=O) groups is 1.